The molecular weight excluding hydrogens is 284 g/mol. The van der Waals surface area contributed by atoms with Crippen LogP contribution in [-0.2, 0) is 13.0 Å². The zero-order valence-corrected chi connectivity index (χ0v) is 12.9. The first-order chi connectivity index (χ1) is 10.2. The lowest BCUT2D eigenvalue weighted by molar-refractivity contribution is 0.0694. The second-order valence-electron chi connectivity index (χ2n) is 4.50. The number of benzene rings is 1. The molecule has 0 radical (unpaired) electrons. The molecule has 0 saturated heterocycles. The zero-order valence-electron chi connectivity index (χ0n) is 12.1. The minimum Gasteiger partial charge on any atom is -0.478 e. The number of hydrogen-bond acceptors (Lipinski definition) is 4. The summed E-state index contributed by atoms with van der Waals surface area (Å²) in [6.45, 7) is 2.60. The fourth-order valence-corrected chi connectivity index (χ4v) is 2.82. The number of aromatic carboxylic acids is 1. The van der Waals surface area contributed by atoms with Crippen LogP contribution < -0.4 is 5.32 Å². The molecule has 1 heterocycles. The van der Waals surface area contributed by atoms with E-state index in [1.807, 2.05) is 30.5 Å². The Labute approximate surface area is 128 Å². The lowest BCUT2D eigenvalue weighted by Gasteiger charge is -2.13. The molecule has 0 aliphatic heterocycles. The van der Waals surface area contributed by atoms with Crippen LogP contribution in [0.3, 0.4) is 0 Å². The van der Waals surface area contributed by atoms with Crippen molar-refractivity contribution in [1.29, 1.82) is 0 Å². The predicted octanol–water partition coefficient (Wildman–Crippen LogP) is 3.68. The molecule has 0 fully saturated rings. The summed E-state index contributed by atoms with van der Waals surface area (Å²) in [7, 11) is 0. The van der Waals surface area contributed by atoms with Gasteiger partial charge in [-0.05, 0) is 36.4 Å². The van der Waals surface area contributed by atoms with Gasteiger partial charge in [0.05, 0.1) is 23.5 Å². The van der Waals surface area contributed by atoms with Gasteiger partial charge >= 0.3 is 5.97 Å². The number of rotatable bonds is 6. The number of carbonyl (C=O) groups is 1. The molecule has 2 rings (SSSR count). The number of pyridine rings is 1. The molecule has 5 heteroatoms. The zero-order chi connectivity index (χ0) is 15.2. The van der Waals surface area contributed by atoms with Crippen LogP contribution in [0.5, 0.6) is 0 Å². The highest BCUT2D eigenvalue weighted by molar-refractivity contribution is 7.98. The Morgan fingerprint density at radius 2 is 2.14 bits per heavy atom. The molecule has 2 N–H and O–H groups in total. The number of carboxylic acid groups (broad SMARTS) is 1. The van der Waals surface area contributed by atoms with E-state index in [9.17, 15) is 9.90 Å². The predicted molar refractivity (Wildman–Crippen MR) is 86.1 cm³/mol. The van der Waals surface area contributed by atoms with Crippen molar-refractivity contribution < 1.29 is 9.90 Å². The van der Waals surface area contributed by atoms with Crippen LogP contribution in [0.25, 0.3) is 0 Å². The van der Waals surface area contributed by atoms with E-state index in [2.05, 4.69) is 17.2 Å². The van der Waals surface area contributed by atoms with E-state index < -0.39 is 5.97 Å². The van der Waals surface area contributed by atoms with Gasteiger partial charge in [-0.3, -0.25) is 4.98 Å². The summed E-state index contributed by atoms with van der Waals surface area (Å²) in [5, 5.41) is 12.6. The molecule has 0 aliphatic carbocycles. The smallest absolute Gasteiger partial charge is 0.338 e. The van der Waals surface area contributed by atoms with Crippen molar-refractivity contribution in [2.75, 3.05) is 11.6 Å². The molecular formula is C16H18N2O2S. The van der Waals surface area contributed by atoms with Crippen LogP contribution in [-0.4, -0.2) is 22.3 Å². The van der Waals surface area contributed by atoms with Crippen LogP contribution in [0.1, 0.15) is 28.5 Å². The molecule has 1 aromatic heterocycles. The van der Waals surface area contributed by atoms with Gasteiger partial charge < -0.3 is 10.4 Å². The van der Waals surface area contributed by atoms with E-state index in [0.29, 0.717) is 17.8 Å². The summed E-state index contributed by atoms with van der Waals surface area (Å²) in [6, 6.07) is 9.43. The number of hydrogen-bond donors (Lipinski definition) is 2. The van der Waals surface area contributed by atoms with Crippen molar-refractivity contribution >= 4 is 23.4 Å². The average Bonchev–Trinajstić information content (AvgIpc) is 2.52. The fraction of sp³-hybridized carbons (Fsp3) is 0.250. The van der Waals surface area contributed by atoms with Crippen LogP contribution in [0, 0.1) is 0 Å². The molecule has 21 heavy (non-hydrogen) atoms. The third-order valence-corrected chi connectivity index (χ3v) is 4.05. The molecule has 1 aromatic carbocycles. The Morgan fingerprint density at radius 1 is 1.33 bits per heavy atom. The lowest BCUT2D eigenvalue weighted by Crippen LogP contribution is -2.09. The van der Waals surface area contributed by atoms with Crippen molar-refractivity contribution in [1.82, 2.24) is 4.98 Å². The topological polar surface area (TPSA) is 62.2 Å². The summed E-state index contributed by atoms with van der Waals surface area (Å²) in [5.74, 6) is -0.917. The highest BCUT2D eigenvalue weighted by atomic mass is 32.2. The van der Waals surface area contributed by atoms with Crippen molar-refractivity contribution in [2.45, 2.75) is 24.8 Å². The summed E-state index contributed by atoms with van der Waals surface area (Å²) in [6.07, 6.45) is 4.54. The summed E-state index contributed by atoms with van der Waals surface area (Å²) >= 11 is 1.43. The number of aryl methyl sites for hydroxylation is 1. The fourth-order valence-electron chi connectivity index (χ4n) is 2.20. The molecule has 0 spiro atoms. The normalized spacial score (nSPS) is 10.4. The third-order valence-electron chi connectivity index (χ3n) is 3.27. The summed E-state index contributed by atoms with van der Waals surface area (Å²) in [5.41, 5.74) is 3.06. The van der Waals surface area contributed by atoms with Crippen molar-refractivity contribution in [3.63, 3.8) is 0 Å². The van der Waals surface area contributed by atoms with E-state index in [4.69, 9.17) is 0 Å². The quantitative estimate of drug-likeness (QED) is 0.797. The molecule has 4 nitrogen and oxygen atoms in total. The van der Waals surface area contributed by atoms with Crippen LogP contribution in [0.15, 0.2) is 41.4 Å². The number of thioether (sulfide) groups is 1. The van der Waals surface area contributed by atoms with Gasteiger partial charge in [0.25, 0.3) is 0 Å². The Morgan fingerprint density at radius 3 is 2.81 bits per heavy atom. The highest BCUT2D eigenvalue weighted by Gasteiger charge is 2.15. The Bertz CT molecular complexity index is 644. The number of anilines is 1. The second-order valence-corrected chi connectivity index (χ2v) is 5.35. The van der Waals surface area contributed by atoms with Gasteiger partial charge in [0, 0.05) is 11.1 Å². The van der Waals surface area contributed by atoms with Crippen LogP contribution >= 0.6 is 11.8 Å². The Hall–Kier alpha value is -2.01. The first-order valence-corrected chi connectivity index (χ1v) is 7.96. The maximum atomic E-state index is 11.5. The van der Waals surface area contributed by atoms with E-state index in [0.717, 1.165) is 17.0 Å². The van der Waals surface area contributed by atoms with Gasteiger partial charge in [0.15, 0.2) is 0 Å². The Kier molecular flexibility index (Phi) is 5.22. The maximum Gasteiger partial charge on any atom is 0.338 e. The van der Waals surface area contributed by atoms with Crippen molar-refractivity contribution in [3.05, 3.63) is 53.3 Å². The summed E-state index contributed by atoms with van der Waals surface area (Å²) < 4.78 is 0. The van der Waals surface area contributed by atoms with Crippen LogP contribution in [0.2, 0.25) is 0 Å². The monoisotopic (exact) mass is 302 g/mol. The van der Waals surface area contributed by atoms with Gasteiger partial charge in [-0.2, -0.15) is 0 Å². The minimum atomic E-state index is -0.917. The van der Waals surface area contributed by atoms with Gasteiger partial charge in [0.2, 0.25) is 0 Å². The van der Waals surface area contributed by atoms with E-state index in [1.165, 1.54) is 17.3 Å². The molecule has 0 atom stereocenters. The Balaban J connectivity index is 2.26. The van der Waals surface area contributed by atoms with Gasteiger partial charge in [0.1, 0.15) is 0 Å². The molecule has 0 saturated carbocycles. The maximum absolute atomic E-state index is 11.5. The van der Waals surface area contributed by atoms with Gasteiger partial charge in [-0.15, -0.1) is 11.8 Å². The third kappa shape index (κ3) is 3.55. The second kappa shape index (κ2) is 7.13. The van der Waals surface area contributed by atoms with Crippen LogP contribution in [0.4, 0.5) is 5.69 Å². The van der Waals surface area contributed by atoms with E-state index in [-0.39, 0.29) is 0 Å². The largest absolute Gasteiger partial charge is 0.478 e. The molecule has 2 aromatic rings. The number of carboxylic acids is 1. The van der Waals surface area contributed by atoms with E-state index in [1.54, 1.807) is 12.3 Å². The molecule has 0 aliphatic rings. The average molecular weight is 302 g/mol. The van der Waals surface area contributed by atoms with E-state index >= 15 is 0 Å². The molecule has 0 amide bonds. The standard InChI is InChI=1S/C16H18N2O2S/c1-3-11-6-5-9-17-13(11)10-18-12-7-4-8-14(21-2)15(12)16(19)20/h4-9,18H,3,10H2,1-2H3,(H,19,20). The molecule has 0 unspecified atom stereocenters. The SMILES string of the molecule is CCc1cccnc1CNc1cccc(SC)c1C(=O)O. The molecule has 0 bridgehead atoms. The first kappa shape index (κ1) is 15.4. The number of aromatic nitrogens is 1. The number of nitrogens with one attached hydrogen (secondary N) is 1. The van der Waals surface area contributed by atoms with Gasteiger partial charge in [-0.1, -0.05) is 19.1 Å². The van der Waals surface area contributed by atoms with Crippen molar-refractivity contribution in [3.8, 4) is 0 Å². The van der Waals surface area contributed by atoms with Crippen molar-refractivity contribution in [2.24, 2.45) is 0 Å². The molecule has 110 valence electrons. The van der Waals surface area contributed by atoms with Gasteiger partial charge in [-0.25, -0.2) is 4.79 Å². The minimum absolute atomic E-state index is 0.318. The lowest BCUT2D eigenvalue weighted by atomic mass is 10.1. The highest BCUT2D eigenvalue weighted by Crippen LogP contribution is 2.27. The number of nitrogens with zero attached hydrogens (tertiary/aromatic N) is 1. The first-order valence-electron chi connectivity index (χ1n) is 6.74. The summed E-state index contributed by atoms with van der Waals surface area (Å²) in [4.78, 5) is 16.6.